The molecule has 0 saturated carbocycles. The molecule has 12 heteroatoms. The van der Waals surface area contributed by atoms with Crippen molar-refractivity contribution in [2.24, 2.45) is 0 Å². The average Bonchev–Trinajstić information content (AvgIpc) is 1.98. The Morgan fingerprint density at radius 1 is 0.706 bits per heavy atom. The first-order valence-electron chi connectivity index (χ1n) is 3.65. The summed E-state index contributed by atoms with van der Waals surface area (Å²) in [7, 11) is -3.60. The molecule has 104 valence electrons. The summed E-state index contributed by atoms with van der Waals surface area (Å²) >= 11 is 9.44. The zero-order chi connectivity index (χ0) is 14.3. The van der Waals surface area contributed by atoms with Gasteiger partial charge in [0.1, 0.15) is 0 Å². The molecule has 0 nitrogen and oxygen atoms in total. The molecule has 0 saturated heterocycles. The summed E-state index contributed by atoms with van der Waals surface area (Å²) in [5, 5.41) is 0. The van der Waals surface area contributed by atoms with Gasteiger partial charge in [0, 0.05) is 0 Å². The van der Waals surface area contributed by atoms with Crippen molar-refractivity contribution in [1.29, 1.82) is 0 Å². The Balaban J connectivity index is 5.39. The molecule has 0 unspecified atom stereocenters. The Bertz CT molecular complexity index is 273. The van der Waals surface area contributed by atoms with Crippen molar-refractivity contribution in [3.05, 3.63) is 0 Å². The molecule has 0 heterocycles. The molecule has 0 aromatic heterocycles. The van der Waals surface area contributed by atoms with E-state index in [0.717, 1.165) is 0 Å². The summed E-state index contributed by atoms with van der Waals surface area (Å²) in [5.74, 6) is -13.5. The van der Waals surface area contributed by atoms with Gasteiger partial charge < -0.3 is 0 Å². The third-order valence-electron chi connectivity index (χ3n) is 1.62. The summed E-state index contributed by atoms with van der Waals surface area (Å²) in [6.45, 7) is 0. The molecule has 17 heavy (non-hydrogen) atoms. The van der Waals surface area contributed by atoms with Gasteiger partial charge in [-0.3, -0.25) is 0 Å². The van der Waals surface area contributed by atoms with Gasteiger partial charge in [0.15, 0.2) is 9.52 Å². The maximum absolute atomic E-state index is 12.6. The quantitative estimate of drug-likeness (QED) is 0.421. The largest absolute Gasteiger partial charge is 0.460 e. The highest BCUT2D eigenvalue weighted by Gasteiger charge is 2.81. The highest BCUT2D eigenvalue weighted by atomic mass is 35.5. The molecule has 0 atom stereocenters. The van der Waals surface area contributed by atoms with E-state index in [1.807, 2.05) is 0 Å². The molecule has 0 aliphatic carbocycles. The van der Waals surface area contributed by atoms with Crippen LogP contribution in [0.2, 0.25) is 0 Å². The fraction of sp³-hybridized carbons (Fsp3) is 1.00. The molecule has 0 amide bonds. The molecule has 0 rings (SSSR count). The predicted octanol–water partition coefficient (Wildman–Crippen LogP) is 3.34. The molecular weight excluding hydrogens is 330 g/mol. The lowest BCUT2D eigenvalue weighted by Gasteiger charge is -2.33. The van der Waals surface area contributed by atoms with Crippen LogP contribution < -0.4 is 0 Å². The van der Waals surface area contributed by atoms with Crippen LogP contribution in [0.4, 0.5) is 39.5 Å². The first kappa shape index (κ1) is 17.2. The first-order valence-corrected chi connectivity index (χ1v) is 6.05. The standard InChI is InChI=1S/C5H3Cl2F9Si/c6-1(7)17-5(15,16)3(10,11)2(8,9)4(12,13)14/h1H,17H2. The summed E-state index contributed by atoms with van der Waals surface area (Å²) < 4.78 is 107. The third kappa shape index (κ3) is 3.14. The molecule has 0 aromatic rings. The molecule has 0 fully saturated rings. The minimum atomic E-state index is -6.86. The SMILES string of the molecule is FC(F)(F)C(F)(F)C(F)(F)C(F)(F)[SiH2]C(Cl)Cl. The lowest BCUT2D eigenvalue weighted by molar-refractivity contribution is -0.383. The maximum Gasteiger partial charge on any atom is 0.460 e. The second kappa shape index (κ2) is 4.69. The van der Waals surface area contributed by atoms with Gasteiger partial charge in [-0.2, -0.15) is 30.7 Å². The Morgan fingerprint density at radius 3 is 1.29 bits per heavy atom. The minimum Gasteiger partial charge on any atom is -0.206 e. The third-order valence-corrected chi connectivity index (χ3v) is 3.81. The first-order chi connectivity index (χ1) is 7.17. The van der Waals surface area contributed by atoms with E-state index in [9.17, 15) is 39.5 Å². The van der Waals surface area contributed by atoms with Gasteiger partial charge in [-0.1, -0.05) is 0 Å². The van der Waals surface area contributed by atoms with Crippen LogP contribution in [-0.2, 0) is 0 Å². The van der Waals surface area contributed by atoms with Gasteiger partial charge >= 0.3 is 18.0 Å². The second-order valence-corrected chi connectivity index (χ2v) is 7.37. The highest BCUT2D eigenvalue weighted by molar-refractivity contribution is 6.69. The van der Waals surface area contributed by atoms with Crippen LogP contribution in [0.15, 0.2) is 0 Å². The molecular formula is C5H3Cl2F9Si. The van der Waals surface area contributed by atoms with Gasteiger partial charge in [0.25, 0.3) is 5.55 Å². The van der Waals surface area contributed by atoms with Gasteiger partial charge in [0.2, 0.25) is 0 Å². The second-order valence-electron chi connectivity index (χ2n) is 2.95. The van der Waals surface area contributed by atoms with Gasteiger partial charge in [-0.15, -0.1) is 23.2 Å². The van der Waals surface area contributed by atoms with Crippen molar-refractivity contribution < 1.29 is 39.5 Å². The van der Waals surface area contributed by atoms with Crippen molar-refractivity contribution in [1.82, 2.24) is 0 Å². The lowest BCUT2D eigenvalue weighted by Crippen LogP contribution is -2.63. The molecule has 0 bridgehead atoms. The fourth-order valence-corrected chi connectivity index (χ4v) is 2.76. The van der Waals surface area contributed by atoms with E-state index < -0.39 is 37.5 Å². The van der Waals surface area contributed by atoms with Crippen LogP contribution in [0, 0.1) is 0 Å². The monoisotopic (exact) mass is 332 g/mol. The average molecular weight is 333 g/mol. The Hall–Kier alpha value is 0.167. The van der Waals surface area contributed by atoms with Crippen LogP contribution in [0.1, 0.15) is 0 Å². The number of alkyl halides is 11. The normalized spacial score (nSPS) is 16.2. The van der Waals surface area contributed by atoms with E-state index in [2.05, 4.69) is 0 Å². The van der Waals surface area contributed by atoms with E-state index in [1.54, 1.807) is 0 Å². The maximum atomic E-state index is 12.6. The number of halogens is 11. The van der Waals surface area contributed by atoms with Crippen molar-refractivity contribution in [2.45, 2.75) is 28.0 Å². The smallest absolute Gasteiger partial charge is 0.206 e. The highest BCUT2D eigenvalue weighted by Crippen LogP contribution is 2.52. The molecule has 0 spiro atoms. The van der Waals surface area contributed by atoms with Crippen molar-refractivity contribution in [3.63, 3.8) is 0 Å². The topological polar surface area (TPSA) is 0 Å². The summed E-state index contributed by atoms with van der Waals surface area (Å²) in [6.07, 6.45) is -6.80. The number of hydrogen-bond acceptors (Lipinski definition) is 0. The van der Waals surface area contributed by atoms with Crippen LogP contribution in [0.3, 0.4) is 0 Å². The van der Waals surface area contributed by atoms with E-state index >= 15 is 0 Å². The van der Waals surface area contributed by atoms with Crippen LogP contribution in [0.25, 0.3) is 0 Å². The molecule has 0 aliphatic heterocycles. The van der Waals surface area contributed by atoms with Crippen LogP contribution in [-0.4, -0.2) is 37.5 Å². The van der Waals surface area contributed by atoms with Crippen LogP contribution in [0.5, 0.6) is 0 Å². The van der Waals surface area contributed by atoms with Gasteiger partial charge in [-0.25, -0.2) is 8.78 Å². The summed E-state index contributed by atoms with van der Waals surface area (Å²) in [6, 6.07) is 0. The zero-order valence-corrected chi connectivity index (χ0v) is 10.4. The molecule has 0 radical (unpaired) electrons. The number of hydrogen-bond donors (Lipinski definition) is 0. The van der Waals surface area contributed by atoms with Crippen molar-refractivity contribution in [2.75, 3.05) is 0 Å². The van der Waals surface area contributed by atoms with Gasteiger partial charge in [0.05, 0.1) is 4.46 Å². The zero-order valence-electron chi connectivity index (χ0n) is 7.44. The summed E-state index contributed by atoms with van der Waals surface area (Å²) in [5.41, 5.74) is -5.57. The Morgan fingerprint density at radius 2 is 1.06 bits per heavy atom. The molecule has 0 N–H and O–H groups in total. The molecule has 0 aliphatic rings. The van der Waals surface area contributed by atoms with Gasteiger partial charge in [-0.05, 0) is 0 Å². The number of rotatable bonds is 4. The van der Waals surface area contributed by atoms with Crippen molar-refractivity contribution in [3.8, 4) is 0 Å². The van der Waals surface area contributed by atoms with E-state index in [4.69, 9.17) is 23.2 Å². The van der Waals surface area contributed by atoms with E-state index in [-0.39, 0.29) is 0 Å². The minimum absolute atomic E-state index is 2.08. The Kier molecular flexibility index (Phi) is 4.73. The van der Waals surface area contributed by atoms with Crippen molar-refractivity contribution >= 4 is 32.7 Å². The van der Waals surface area contributed by atoms with E-state index in [0.29, 0.717) is 0 Å². The summed E-state index contributed by atoms with van der Waals surface area (Å²) in [4.78, 5) is 0. The van der Waals surface area contributed by atoms with E-state index in [1.165, 1.54) is 0 Å². The van der Waals surface area contributed by atoms with Crippen LogP contribution >= 0.6 is 23.2 Å². The Labute approximate surface area is 101 Å². The predicted molar refractivity (Wildman–Crippen MR) is 44.9 cm³/mol. The fourth-order valence-electron chi connectivity index (χ4n) is 0.730. The molecule has 0 aromatic carbocycles. The lowest BCUT2D eigenvalue weighted by atomic mass is 10.1.